The van der Waals surface area contributed by atoms with Crippen LogP contribution in [0.15, 0.2) is 0 Å². The van der Waals surface area contributed by atoms with E-state index in [9.17, 15) is 0 Å². The van der Waals surface area contributed by atoms with Gasteiger partial charge in [0.25, 0.3) is 0 Å². The van der Waals surface area contributed by atoms with E-state index < -0.39 is 0 Å². The van der Waals surface area contributed by atoms with E-state index >= 15 is 0 Å². The normalized spacial score (nSPS) is 26.1. The van der Waals surface area contributed by atoms with Gasteiger partial charge in [-0.05, 0) is 32.0 Å². The molecule has 1 aliphatic carbocycles. The molecule has 0 radical (unpaired) electrons. The summed E-state index contributed by atoms with van der Waals surface area (Å²) in [6, 6.07) is 0.938. The van der Waals surface area contributed by atoms with Gasteiger partial charge < -0.3 is 9.64 Å². The molecule has 1 aromatic rings. The van der Waals surface area contributed by atoms with Crippen LogP contribution in [0.1, 0.15) is 25.8 Å². The van der Waals surface area contributed by atoms with Gasteiger partial charge in [0.1, 0.15) is 0 Å². The number of morpholine rings is 1. The predicted molar refractivity (Wildman–Crippen MR) is 63.3 cm³/mol. The van der Waals surface area contributed by atoms with E-state index in [2.05, 4.69) is 26.6 Å². The number of hydrogen-bond acceptors (Lipinski definition) is 4. The Bertz CT molecular complexity index is 436. The van der Waals surface area contributed by atoms with Crippen LogP contribution in [0.3, 0.4) is 0 Å². The highest BCUT2D eigenvalue weighted by Gasteiger charge is 2.31. The molecule has 2 aliphatic rings. The lowest BCUT2D eigenvalue weighted by Gasteiger charge is -2.33. The monoisotopic (exact) mass is 240 g/mol. The molecule has 0 aromatic carbocycles. The van der Waals surface area contributed by atoms with Gasteiger partial charge in [0.2, 0.25) is 5.95 Å². The summed E-state index contributed by atoms with van der Waals surface area (Å²) in [6.07, 6.45) is 2.44. The van der Waals surface area contributed by atoms with Crippen LogP contribution in [-0.2, 0) is 4.74 Å². The number of ether oxygens (including phenoxy) is 1. The highest BCUT2D eigenvalue weighted by Crippen LogP contribution is 2.38. The van der Waals surface area contributed by atoms with Crippen molar-refractivity contribution in [3.63, 3.8) is 0 Å². The van der Waals surface area contributed by atoms with Crippen LogP contribution in [0.2, 0.25) is 0 Å². The van der Waals surface area contributed by atoms with Crippen molar-refractivity contribution in [2.24, 2.45) is 0 Å². The first-order valence-electron chi connectivity index (χ1n) is 5.78. The van der Waals surface area contributed by atoms with Gasteiger partial charge in [0.15, 0.2) is 4.77 Å². The lowest BCUT2D eigenvalue weighted by molar-refractivity contribution is 0.0976. The van der Waals surface area contributed by atoms with Gasteiger partial charge in [-0.25, -0.2) is 5.10 Å². The number of anilines is 1. The summed E-state index contributed by atoms with van der Waals surface area (Å²) in [5, 5.41) is 7.28. The number of aromatic nitrogens is 3. The molecule has 2 heterocycles. The molecular weight excluding hydrogens is 224 g/mol. The number of H-pyrrole nitrogens is 1. The zero-order chi connectivity index (χ0) is 11.1. The second-order valence-electron chi connectivity index (χ2n) is 4.55. The lowest BCUT2D eigenvalue weighted by atomic mass is 10.3. The van der Waals surface area contributed by atoms with Crippen LogP contribution in [-0.4, -0.2) is 40.6 Å². The maximum atomic E-state index is 5.44. The van der Waals surface area contributed by atoms with E-state index in [0.29, 0.717) is 12.1 Å². The van der Waals surface area contributed by atoms with E-state index in [0.717, 1.165) is 30.5 Å². The van der Waals surface area contributed by atoms with Crippen molar-refractivity contribution in [1.82, 2.24) is 14.8 Å². The van der Waals surface area contributed by atoms with E-state index in [-0.39, 0.29) is 0 Å². The van der Waals surface area contributed by atoms with Crippen molar-refractivity contribution in [1.29, 1.82) is 0 Å². The molecule has 3 rings (SSSR count). The SMILES string of the molecule is CC1COCCN1c1n[nH]c(=S)n1C1CC1. The molecule has 1 aromatic heterocycles. The van der Waals surface area contributed by atoms with Crippen molar-refractivity contribution in [2.75, 3.05) is 24.7 Å². The Hall–Kier alpha value is -0.880. The first-order valence-corrected chi connectivity index (χ1v) is 6.19. The van der Waals surface area contributed by atoms with E-state index in [1.807, 2.05) is 0 Å². The van der Waals surface area contributed by atoms with Gasteiger partial charge >= 0.3 is 0 Å². The summed E-state index contributed by atoms with van der Waals surface area (Å²) in [6.45, 7) is 4.60. The van der Waals surface area contributed by atoms with Crippen LogP contribution in [0.5, 0.6) is 0 Å². The summed E-state index contributed by atoms with van der Waals surface area (Å²) in [5.41, 5.74) is 0. The number of aromatic amines is 1. The fourth-order valence-corrected chi connectivity index (χ4v) is 2.46. The average molecular weight is 240 g/mol. The van der Waals surface area contributed by atoms with Crippen molar-refractivity contribution in [2.45, 2.75) is 31.8 Å². The largest absolute Gasteiger partial charge is 0.377 e. The molecule has 6 heteroatoms. The molecule has 1 N–H and O–H groups in total. The quantitative estimate of drug-likeness (QED) is 0.796. The summed E-state index contributed by atoms with van der Waals surface area (Å²) in [5.74, 6) is 0.989. The van der Waals surface area contributed by atoms with Crippen molar-refractivity contribution < 1.29 is 4.74 Å². The number of nitrogens with one attached hydrogen (secondary N) is 1. The second kappa shape index (κ2) is 3.85. The van der Waals surface area contributed by atoms with Crippen LogP contribution in [0.4, 0.5) is 5.95 Å². The third kappa shape index (κ3) is 1.66. The number of rotatable bonds is 2. The van der Waals surface area contributed by atoms with E-state index in [1.54, 1.807) is 0 Å². The lowest BCUT2D eigenvalue weighted by Crippen LogP contribution is -2.45. The minimum absolute atomic E-state index is 0.372. The van der Waals surface area contributed by atoms with Crippen LogP contribution < -0.4 is 4.90 Å². The van der Waals surface area contributed by atoms with Gasteiger partial charge in [0.05, 0.1) is 19.3 Å². The zero-order valence-corrected chi connectivity index (χ0v) is 10.2. The van der Waals surface area contributed by atoms with E-state index in [1.165, 1.54) is 12.8 Å². The number of hydrogen-bond donors (Lipinski definition) is 1. The Kier molecular flexibility index (Phi) is 2.48. The molecule has 16 heavy (non-hydrogen) atoms. The fraction of sp³-hybridized carbons (Fsp3) is 0.800. The molecule has 1 aliphatic heterocycles. The Morgan fingerprint density at radius 1 is 1.50 bits per heavy atom. The van der Waals surface area contributed by atoms with Crippen molar-refractivity contribution >= 4 is 18.2 Å². The first-order chi connectivity index (χ1) is 7.77. The molecule has 88 valence electrons. The van der Waals surface area contributed by atoms with Crippen molar-refractivity contribution in [3.8, 4) is 0 Å². The Morgan fingerprint density at radius 2 is 2.31 bits per heavy atom. The fourth-order valence-electron chi connectivity index (χ4n) is 2.19. The van der Waals surface area contributed by atoms with Gasteiger partial charge in [0, 0.05) is 12.6 Å². The smallest absolute Gasteiger partial charge is 0.226 e. The Morgan fingerprint density at radius 3 is 3.00 bits per heavy atom. The van der Waals surface area contributed by atoms with Gasteiger partial charge in [-0.3, -0.25) is 4.57 Å². The summed E-state index contributed by atoms with van der Waals surface area (Å²) in [7, 11) is 0. The topological polar surface area (TPSA) is 46.1 Å². The Balaban J connectivity index is 1.95. The van der Waals surface area contributed by atoms with E-state index in [4.69, 9.17) is 17.0 Å². The standard InChI is InChI=1S/C10H16N4OS/c1-7-6-15-5-4-13(7)9-11-12-10(16)14(9)8-2-3-8/h7-8H,2-6H2,1H3,(H,12,16). The molecule has 1 saturated carbocycles. The minimum atomic E-state index is 0.372. The number of nitrogens with zero attached hydrogens (tertiary/aromatic N) is 3. The molecule has 0 amide bonds. The third-order valence-corrected chi connectivity index (χ3v) is 3.51. The molecule has 0 spiro atoms. The molecule has 1 saturated heterocycles. The third-order valence-electron chi connectivity index (χ3n) is 3.22. The van der Waals surface area contributed by atoms with Gasteiger partial charge in [-0.15, -0.1) is 5.10 Å². The van der Waals surface area contributed by atoms with Crippen LogP contribution in [0, 0.1) is 4.77 Å². The molecule has 5 nitrogen and oxygen atoms in total. The Labute approximate surface area is 99.4 Å². The molecule has 1 atom stereocenters. The van der Waals surface area contributed by atoms with Crippen molar-refractivity contribution in [3.05, 3.63) is 4.77 Å². The summed E-state index contributed by atoms with van der Waals surface area (Å²) in [4.78, 5) is 2.29. The minimum Gasteiger partial charge on any atom is -0.377 e. The summed E-state index contributed by atoms with van der Waals surface area (Å²) < 4.78 is 8.35. The molecule has 2 fully saturated rings. The summed E-state index contributed by atoms with van der Waals surface area (Å²) >= 11 is 5.28. The highest BCUT2D eigenvalue weighted by atomic mass is 32.1. The highest BCUT2D eigenvalue weighted by molar-refractivity contribution is 7.71. The predicted octanol–water partition coefficient (Wildman–Crippen LogP) is 1.50. The zero-order valence-electron chi connectivity index (χ0n) is 9.35. The molecular formula is C10H16N4OS. The van der Waals surface area contributed by atoms with Gasteiger partial charge in [-0.1, -0.05) is 0 Å². The average Bonchev–Trinajstić information content (AvgIpc) is 3.04. The first kappa shape index (κ1) is 10.3. The molecule has 1 unspecified atom stereocenters. The van der Waals surface area contributed by atoms with Crippen LogP contribution in [0.25, 0.3) is 0 Å². The maximum absolute atomic E-state index is 5.44. The maximum Gasteiger partial charge on any atom is 0.226 e. The van der Waals surface area contributed by atoms with Gasteiger partial charge in [-0.2, -0.15) is 0 Å². The molecule has 0 bridgehead atoms. The second-order valence-corrected chi connectivity index (χ2v) is 4.93. The van der Waals surface area contributed by atoms with Crippen LogP contribution >= 0.6 is 12.2 Å².